The Morgan fingerprint density at radius 2 is 2.10 bits per heavy atom. The van der Waals surface area contributed by atoms with Gasteiger partial charge in [-0.3, -0.25) is 0 Å². The summed E-state index contributed by atoms with van der Waals surface area (Å²) in [6, 6.07) is 0. The Kier molecular flexibility index (Phi) is 2.67. The number of rotatable bonds is 1. The number of methoxy groups -OCH3 is 1. The predicted octanol–water partition coefficient (Wildman–Crippen LogP) is 1.33. The van der Waals surface area contributed by atoms with E-state index >= 15 is 0 Å². The van der Waals surface area contributed by atoms with Gasteiger partial charge in [0.1, 0.15) is 5.94 Å². The molecule has 0 aromatic carbocycles. The molecule has 1 fully saturated rings. The standard InChI is InChI=1S/C8H12O2/c1-10-8-4-2-7(6-9)3-5-8/h8H,2-5H2,1H3. The van der Waals surface area contributed by atoms with Crippen molar-refractivity contribution in [3.63, 3.8) is 0 Å². The molecule has 0 aromatic rings. The lowest BCUT2D eigenvalue weighted by Crippen LogP contribution is -2.15. The fourth-order valence-electron chi connectivity index (χ4n) is 1.28. The zero-order valence-electron chi connectivity index (χ0n) is 6.22. The van der Waals surface area contributed by atoms with Crippen LogP contribution >= 0.6 is 0 Å². The van der Waals surface area contributed by atoms with E-state index in [1.165, 1.54) is 0 Å². The molecule has 0 N–H and O–H groups in total. The van der Waals surface area contributed by atoms with Crippen molar-refractivity contribution in [3.8, 4) is 0 Å². The van der Waals surface area contributed by atoms with Crippen molar-refractivity contribution < 1.29 is 9.53 Å². The normalized spacial score (nSPS) is 26.1. The first kappa shape index (κ1) is 7.52. The number of hydrogen-bond donors (Lipinski definition) is 0. The topological polar surface area (TPSA) is 26.3 Å². The average molecular weight is 140 g/mol. The second-order valence-corrected chi connectivity index (χ2v) is 2.64. The van der Waals surface area contributed by atoms with Crippen LogP contribution in [0.4, 0.5) is 0 Å². The lowest BCUT2D eigenvalue weighted by atomic mass is 9.94. The Balaban J connectivity index is 2.38. The summed E-state index contributed by atoms with van der Waals surface area (Å²) in [4.78, 5) is 10.2. The molecule has 2 nitrogen and oxygen atoms in total. The van der Waals surface area contributed by atoms with E-state index in [-0.39, 0.29) is 0 Å². The third-order valence-electron chi connectivity index (χ3n) is 2.01. The van der Waals surface area contributed by atoms with Crippen molar-refractivity contribution in [2.75, 3.05) is 7.11 Å². The Morgan fingerprint density at radius 1 is 1.50 bits per heavy atom. The van der Waals surface area contributed by atoms with Gasteiger partial charge in [0.25, 0.3) is 0 Å². The van der Waals surface area contributed by atoms with Gasteiger partial charge >= 0.3 is 0 Å². The number of allylic oxidation sites excluding steroid dienone is 1. The van der Waals surface area contributed by atoms with E-state index in [0.717, 1.165) is 31.3 Å². The Hall–Kier alpha value is -0.590. The SMILES string of the molecule is COC1CCC(=C=O)CC1. The molecule has 1 aliphatic carbocycles. The summed E-state index contributed by atoms with van der Waals surface area (Å²) in [6.07, 6.45) is 4.10. The van der Waals surface area contributed by atoms with Gasteiger partial charge in [-0.2, -0.15) is 0 Å². The monoisotopic (exact) mass is 140 g/mol. The molecule has 10 heavy (non-hydrogen) atoms. The maximum Gasteiger partial charge on any atom is 0.123 e. The number of ether oxygens (including phenoxy) is 1. The van der Waals surface area contributed by atoms with Gasteiger partial charge < -0.3 is 4.74 Å². The Bertz CT molecular complexity index is 147. The van der Waals surface area contributed by atoms with Gasteiger partial charge in [0, 0.05) is 12.7 Å². The molecule has 0 unspecified atom stereocenters. The maximum atomic E-state index is 10.2. The number of carbonyl (C=O) groups excluding carboxylic acids is 1. The highest BCUT2D eigenvalue weighted by atomic mass is 16.5. The second-order valence-electron chi connectivity index (χ2n) is 2.64. The van der Waals surface area contributed by atoms with Crippen LogP contribution in [0.1, 0.15) is 25.7 Å². The van der Waals surface area contributed by atoms with Gasteiger partial charge in [-0.15, -0.1) is 0 Å². The van der Waals surface area contributed by atoms with E-state index in [2.05, 4.69) is 0 Å². The molecule has 0 aromatic heterocycles. The fraction of sp³-hybridized carbons (Fsp3) is 0.750. The number of hydrogen-bond acceptors (Lipinski definition) is 2. The molecule has 56 valence electrons. The highest BCUT2D eigenvalue weighted by Crippen LogP contribution is 2.22. The molecule has 1 aliphatic rings. The molecule has 0 amide bonds. The van der Waals surface area contributed by atoms with Gasteiger partial charge in [0.05, 0.1) is 6.10 Å². The van der Waals surface area contributed by atoms with E-state index in [0.29, 0.717) is 6.10 Å². The van der Waals surface area contributed by atoms with Crippen molar-refractivity contribution in [2.45, 2.75) is 31.8 Å². The molecule has 0 spiro atoms. The quantitative estimate of drug-likeness (QED) is 0.514. The predicted molar refractivity (Wildman–Crippen MR) is 38.5 cm³/mol. The van der Waals surface area contributed by atoms with Crippen LogP contribution in [0.15, 0.2) is 5.57 Å². The first-order valence-corrected chi connectivity index (χ1v) is 3.62. The van der Waals surface area contributed by atoms with Crippen molar-refractivity contribution in [3.05, 3.63) is 5.57 Å². The van der Waals surface area contributed by atoms with Crippen LogP contribution in [-0.2, 0) is 9.53 Å². The minimum absolute atomic E-state index is 0.372. The molecule has 1 saturated carbocycles. The van der Waals surface area contributed by atoms with E-state index in [9.17, 15) is 4.79 Å². The van der Waals surface area contributed by atoms with Gasteiger partial charge in [0.15, 0.2) is 0 Å². The third-order valence-corrected chi connectivity index (χ3v) is 2.01. The molecule has 0 saturated heterocycles. The van der Waals surface area contributed by atoms with Crippen LogP contribution in [0.3, 0.4) is 0 Å². The fourth-order valence-corrected chi connectivity index (χ4v) is 1.28. The lowest BCUT2D eigenvalue weighted by Gasteiger charge is -2.20. The van der Waals surface area contributed by atoms with Crippen molar-refractivity contribution in [1.82, 2.24) is 0 Å². The zero-order chi connectivity index (χ0) is 7.40. The Morgan fingerprint density at radius 3 is 2.50 bits per heavy atom. The minimum Gasteiger partial charge on any atom is -0.381 e. The highest BCUT2D eigenvalue weighted by molar-refractivity contribution is 5.52. The minimum atomic E-state index is 0.372. The lowest BCUT2D eigenvalue weighted by molar-refractivity contribution is 0.0804. The van der Waals surface area contributed by atoms with Crippen LogP contribution in [0, 0.1) is 0 Å². The summed E-state index contributed by atoms with van der Waals surface area (Å²) in [7, 11) is 1.72. The van der Waals surface area contributed by atoms with Gasteiger partial charge in [-0.25, -0.2) is 4.79 Å². The summed E-state index contributed by atoms with van der Waals surface area (Å²) in [6.45, 7) is 0. The van der Waals surface area contributed by atoms with Gasteiger partial charge in [-0.05, 0) is 25.7 Å². The molecule has 0 radical (unpaired) electrons. The molecule has 1 rings (SSSR count). The molecule has 0 heterocycles. The summed E-state index contributed by atoms with van der Waals surface area (Å²) in [5.74, 6) is 1.96. The smallest absolute Gasteiger partial charge is 0.123 e. The van der Waals surface area contributed by atoms with Crippen LogP contribution in [0.2, 0.25) is 0 Å². The van der Waals surface area contributed by atoms with E-state index in [1.54, 1.807) is 7.11 Å². The first-order valence-electron chi connectivity index (χ1n) is 3.62. The third kappa shape index (κ3) is 1.69. The van der Waals surface area contributed by atoms with Crippen molar-refractivity contribution >= 4 is 5.94 Å². The molecular weight excluding hydrogens is 128 g/mol. The van der Waals surface area contributed by atoms with E-state index in [1.807, 2.05) is 5.94 Å². The van der Waals surface area contributed by atoms with Crippen LogP contribution in [0.5, 0.6) is 0 Å². The van der Waals surface area contributed by atoms with Crippen molar-refractivity contribution in [2.24, 2.45) is 0 Å². The summed E-state index contributed by atoms with van der Waals surface area (Å²) in [5, 5.41) is 0. The highest BCUT2D eigenvalue weighted by Gasteiger charge is 2.15. The molecule has 0 aliphatic heterocycles. The zero-order valence-corrected chi connectivity index (χ0v) is 6.22. The molecule has 0 atom stereocenters. The van der Waals surface area contributed by atoms with Crippen LogP contribution < -0.4 is 0 Å². The van der Waals surface area contributed by atoms with E-state index in [4.69, 9.17) is 4.74 Å². The second kappa shape index (κ2) is 3.55. The maximum absolute atomic E-state index is 10.2. The average Bonchev–Trinajstić information content (AvgIpc) is 2.05. The molecule has 2 heteroatoms. The molecule has 0 bridgehead atoms. The van der Waals surface area contributed by atoms with Gasteiger partial charge in [-0.1, -0.05) is 0 Å². The first-order chi connectivity index (χ1) is 4.86. The van der Waals surface area contributed by atoms with Crippen LogP contribution in [-0.4, -0.2) is 19.2 Å². The Labute approximate surface area is 60.9 Å². The summed E-state index contributed by atoms with van der Waals surface area (Å²) >= 11 is 0. The van der Waals surface area contributed by atoms with Crippen molar-refractivity contribution in [1.29, 1.82) is 0 Å². The van der Waals surface area contributed by atoms with Crippen LogP contribution in [0.25, 0.3) is 0 Å². The molecular formula is C8H12O2. The van der Waals surface area contributed by atoms with E-state index < -0.39 is 0 Å². The summed E-state index contributed by atoms with van der Waals surface area (Å²) in [5.41, 5.74) is 0.924. The summed E-state index contributed by atoms with van der Waals surface area (Å²) < 4.78 is 5.14. The largest absolute Gasteiger partial charge is 0.381 e. The van der Waals surface area contributed by atoms with Gasteiger partial charge in [0.2, 0.25) is 0 Å².